The first-order valence-corrected chi connectivity index (χ1v) is 10.6. The summed E-state index contributed by atoms with van der Waals surface area (Å²) in [6.07, 6.45) is 2.71. The molecule has 29 heavy (non-hydrogen) atoms. The van der Waals surface area contributed by atoms with E-state index in [1.54, 1.807) is 16.4 Å². The van der Waals surface area contributed by atoms with Crippen molar-refractivity contribution in [3.63, 3.8) is 0 Å². The number of aromatic nitrogens is 4. The number of carbonyl (C=O) groups is 1. The molecule has 152 valence electrons. The fourth-order valence-electron chi connectivity index (χ4n) is 3.31. The standard InChI is InChI=1S/C21H25N5O2S/c1-13-17(14(2)23-21(22-13)29-5)11-12-18(27)24-19-15(3)25(4)26(20(19)28)16-9-7-6-8-10-16/h6-10H,11-12H2,1-5H3,(H,24,27). The topological polar surface area (TPSA) is 81.8 Å². The molecule has 8 heteroatoms. The molecule has 7 nitrogen and oxygen atoms in total. The second-order valence-electron chi connectivity index (χ2n) is 6.84. The summed E-state index contributed by atoms with van der Waals surface area (Å²) in [5.74, 6) is -0.205. The van der Waals surface area contributed by atoms with Crippen molar-refractivity contribution in [2.24, 2.45) is 7.05 Å². The van der Waals surface area contributed by atoms with E-state index in [1.165, 1.54) is 11.8 Å². The third-order valence-electron chi connectivity index (χ3n) is 5.00. The van der Waals surface area contributed by atoms with E-state index < -0.39 is 0 Å². The maximum Gasteiger partial charge on any atom is 0.295 e. The van der Waals surface area contributed by atoms with Gasteiger partial charge in [0.2, 0.25) is 5.91 Å². The molecule has 0 unspecified atom stereocenters. The number of nitrogens with zero attached hydrogens (tertiary/aromatic N) is 4. The molecule has 1 N–H and O–H groups in total. The molecular weight excluding hydrogens is 386 g/mol. The number of hydrogen-bond donors (Lipinski definition) is 1. The zero-order valence-electron chi connectivity index (χ0n) is 17.3. The van der Waals surface area contributed by atoms with Gasteiger partial charge in [-0.3, -0.25) is 14.3 Å². The SMILES string of the molecule is CSc1nc(C)c(CCC(=O)Nc2c(C)n(C)n(-c3ccccc3)c2=O)c(C)n1. The highest BCUT2D eigenvalue weighted by Gasteiger charge is 2.18. The fourth-order valence-corrected chi connectivity index (χ4v) is 3.77. The molecule has 0 saturated carbocycles. The number of amides is 1. The molecule has 0 bridgehead atoms. The third kappa shape index (κ3) is 4.27. The largest absolute Gasteiger partial charge is 0.320 e. The summed E-state index contributed by atoms with van der Waals surface area (Å²) in [6.45, 7) is 5.68. The molecule has 1 amide bonds. The minimum Gasteiger partial charge on any atom is -0.320 e. The van der Waals surface area contributed by atoms with Crippen molar-refractivity contribution < 1.29 is 4.79 Å². The van der Waals surface area contributed by atoms with Gasteiger partial charge in [-0.25, -0.2) is 14.6 Å². The van der Waals surface area contributed by atoms with Crippen LogP contribution in [0.3, 0.4) is 0 Å². The van der Waals surface area contributed by atoms with Crippen LogP contribution in [-0.4, -0.2) is 31.5 Å². The Morgan fingerprint density at radius 3 is 2.31 bits per heavy atom. The molecular formula is C21H25N5O2S. The number of hydrogen-bond acceptors (Lipinski definition) is 5. The number of thioether (sulfide) groups is 1. The van der Waals surface area contributed by atoms with Gasteiger partial charge in [-0.15, -0.1) is 0 Å². The quantitative estimate of drug-likeness (QED) is 0.498. The van der Waals surface area contributed by atoms with Crippen molar-refractivity contribution in [2.75, 3.05) is 11.6 Å². The lowest BCUT2D eigenvalue weighted by Crippen LogP contribution is -2.23. The maximum atomic E-state index is 12.9. The summed E-state index contributed by atoms with van der Waals surface area (Å²) >= 11 is 1.50. The van der Waals surface area contributed by atoms with E-state index in [-0.39, 0.29) is 17.9 Å². The summed E-state index contributed by atoms with van der Waals surface area (Å²) in [6, 6.07) is 9.35. The van der Waals surface area contributed by atoms with E-state index in [1.807, 2.05) is 57.4 Å². The Balaban J connectivity index is 1.78. The van der Waals surface area contributed by atoms with Crippen LogP contribution in [0.1, 0.15) is 29.1 Å². The van der Waals surface area contributed by atoms with Crippen molar-refractivity contribution >= 4 is 23.4 Å². The van der Waals surface area contributed by atoms with Crippen molar-refractivity contribution in [1.82, 2.24) is 19.3 Å². The first-order chi connectivity index (χ1) is 13.8. The van der Waals surface area contributed by atoms with Gasteiger partial charge in [0.15, 0.2) is 5.16 Å². The van der Waals surface area contributed by atoms with Gasteiger partial charge in [0.25, 0.3) is 5.56 Å². The summed E-state index contributed by atoms with van der Waals surface area (Å²) < 4.78 is 3.30. The van der Waals surface area contributed by atoms with Crippen LogP contribution in [0.25, 0.3) is 5.69 Å². The Labute approximate surface area is 174 Å². The van der Waals surface area contributed by atoms with Crippen molar-refractivity contribution in [3.05, 3.63) is 63.3 Å². The van der Waals surface area contributed by atoms with Gasteiger partial charge in [-0.1, -0.05) is 30.0 Å². The maximum absolute atomic E-state index is 12.9. The molecule has 0 saturated heterocycles. The van der Waals surface area contributed by atoms with E-state index in [4.69, 9.17) is 0 Å². The average Bonchev–Trinajstić information content (AvgIpc) is 2.91. The molecule has 3 aromatic rings. The second kappa shape index (κ2) is 8.65. The molecule has 0 aliphatic heterocycles. The number of anilines is 1. The van der Waals surface area contributed by atoms with Crippen LogP contribution in [0.15, 0.2) is 40.3 Å². The van der Waals surface area contributed by atoms with E-state index in [0.29, 0.717) is 17.8 Å². The normalized spacial score (nSPS) is 10.9. The average molecular weight is 412 g/mol. The Hall–Kier alpha value is -2.87. The molecule has 0 aliphatic rings. The minimum absolute atomic E-state index is 0.205. The monoisotopic (exact) mass is 411 g/mol. The number of aryl methyl sites for hydroxylation is 2. The minimum atomic E-state index is -0.246. The van der Waals surface area contributed by atoms with Crippen LogP contribution in [0.2, 0.25) is 0 Å². The van der Waals surface area contributed by atoms with Crippen LogP contribution >= 0.6 is 11.8 Å². The number of benzene rings is 1. The zero-order chi connectivity index (χ0) is 21.1. The highest BCUT2D eigenvalue weighted by Crippen LogP contribution is 2.18. The summed E-state index contributed by atoms with van der Waals surface area (Å²) in [5.41, 5.74) is 4.26. The summed E-state index contributed by atoms with van der Waals surface area (Å²) in [7, 11) is 1.80. The molecule has 2 aromatic heterocycles. The number of rotatable bonds is 6. The number of nitrogens with one attached hydrogen (secondary N) is 1. The lowest BCUT2D eigenvalue weighted by Gasteiger charge is -2.10. The molecule has 3 rings (SSSR count). The predicted octanol–water partition coefficient (Wildman–Crippen LogP) is 3.18. The molecule has 0 radical (unpaired) electrons. The fraction of sp³-hybridized carbons (Fsp3) is 0.333. The van der Waals surface area contributed by atoms with Gasteiger partial charge in [0, 0.05) is 24.9 Å². The van der Waals surface area contributed by atoms with Crippen LogP contribution in [-0.2, 0) is 18.3 Å². The molecule has 2 heterocycles. The van der Waals surface area contributed by atoms with Crippen molar-refractivity contribution in [3.8, 4) is 5.69 Å². The van der Waals surface area contributed by atoms with Gasteiger partial charge < -0.3 is 5.32 Å². The van der Waals surface area contributed by atoms with Gasteiger partial charge in [0.05, 0.1) is 11.4 Å². The van der Waals surface area contributed by atoms with E-state index in [0.717, 1.165) is 27.8 Å². The first kappa shape index (κ1) is 20.9. The van der Waals surface area contributed by atoms with Gasteiger partial charge in [-0.05, 0) is 51.1 Å². The highest BCUT2D eigenvalue weighted by molar-refractivity contribution is 7.98. The lowest BCUT2D eigenvalue weighted by atomic mass is 10.1. The van der Waals surface area contributed by atoms with E-state index in [2.05, 4.69) is 15.3 Å². The number of carbonyl (C=O) groups excluding carboxylic acids is 1. The summed E-state index contributed by atoms with van der Waals surface area (Å²) in [5, 5.41) is 3.53. The van der Waals surface area contributed by atoms with Crippen LogP contribution in [0.4, 0.5) is 5.69 Å². The Morgan fingerprint density at radius 1 is 1.10 bits per heavy atom. The Morgan fingerprint density at radius 2 is 1.72 bits per heavy atom. The van der Waals surface area contributed by atoms with Crippen molar-refractivity contribution in [2.45, 2.75) is 38.8 Å². The predicted molar refractivity (Wildman–Crippen MR) is 116 cm³/mol. The Bertz CT molecular complexity index is 1080. The molecule has 0 fully saturated rings. The molecule has 0 atom stereocenters. The highest BCUT2D eigenvalue weighted by atomic mass is 32.2. The molecule has 0 spiro atoms. The summed E-state index contributed by atoms with van der Waals surface area (Å²) in [4.78, 5) is 34.4. The zero-order valence-corrected chi connectivity index (χ0v) is 18.1. The smallest absolute Gasteiger partial charge is 0.295 e. The Kier molecular flexibility index (Phi) is 6.22. The second-order valence-corrected chi connectivity index (χ2v) is 7.62. The van der Waals surface area contributed by atoms with Crippen LogP contribution < -0.4 is 10.9 Å². The lowest BCUT2D eigenvalue weighted by molar-refractivity contribution is -0.116. The van der Waals surface area contributed by atoms with Crippen molar-refractivity contribution in [1.29, 1.82) is 0 Å². The van der Waals surface area contributed by atoms with Gasteiger partial charge in [0.1, 0.15) is 5.69 Å². The molecule has 1 aromatic carbocycles. The number of para-hydroxylation sites is 1. The first-order valence-electron chi connectivity index (χ1n) is 9.35. The van der Waals surface area contributed by atoms with Crippen LogP contribution in [0, 0.1) is 20.8 Å². The van der Waals surface area contributed by atoms with Crippen LogP contribution in [0.5, 0.6) is 0 Å². The van der Waals surface area contributed by atoms with E-state index in [9.17, 15) is 9.59 Å². The van der Waals surface area contributed by atoms with Gasteiger partial charge >= 0.3 is 0 Å². The third-order valence-corrected chi connectivity index (χ3v) is 5.55. The van der Waals surface area contributed by atoms with Gasteiger partial charge in [-0.2, -0.15) is 0 Å². The van der Waals surface area contributed by atoms with E-state index >= 15 is 0 Å². The molecule has 0 aliphatic carbocycles.